The molecule has 0 saturated heterocycles. The van der Waals surface area contributed by atoms with Crippen molar-refractivity contribution in [1.82, 2.24) is 4.98 Å². The molecule has 0 bridgehead atoms. The molecule has 0 spiro atoms. The summed E-state index contributed by atoms with van der Waals surface area (Å²) in [5, 5.41) is 0.283. The van der Waals surface area contributed by atoms with Crippen LogP contribution in [0.3, 0.4) is 0 Å². The van der Waals surface area contributed by atoms with Crippen LogP contribution in [-0.2, 0) is 6.54 Å². The molecule has 13 heavy (non-hydrogen) atoms. The quantitative estimate of drug-likeness (QED) is 0.807. The number of alkyl halides is 2. The first kappa shape index (κ1) is 10.3. The number of pyridine rings is 1. The number of hydrogen-bond acceptors (Lipinski definition) is 2. The van der Waals surface area contributed by atoms with Gasteiger partial charge in [-0.2, -0.15) is 0 Å². The number of halogens is 3. The second-order valence-electron chi connectivity index (χ2n) is 2.61. The Morgan fingerprint density at radius 1 is 1.62 bits per heavy atom. The molecule has 0 radical (unpaired) electrons. The summed E-state index contributed by atoms with van der Waals surface area (Å²) < 4.78 is 24.7. The van der Waals surface area contributed by atoms with Gasteiger partial charge in [0, 0.05) is 11.6 Å². The molecule has 0 aliphatic carbocycles. The minimum atomic E-state index is -2.61. The van der Waals surface area contributed by atoms with E-state index < -0.39 is 6.43 Å². The second kappa shape index (κ2) is 3.98. The molecule has 0 unspecified atom stereocenters. The van der Waals surface area contributed by atoms with Crippen molar-refractivity contribution < 1.29 is 8.78 Å². The first-order valence-corrected chi connectivity index (χ1v) is 4.08. The van der Waals surface area contributed by atoms with Crippen molar-refractivity contribution in [1.29, 1.82) is 0 Å². The van der Waals surface area contributed by atoms with E-state index in [1.807, 2.05) is 0 Å². The van der Waals surface area contributed by atoms with Crippen molar-refractivity contribution in [2.75, 3.05) is 0 Å². The average Bonchev–Trinajstić information content (AvgIpc) is 2.09. The number of rotatable bonds is 2. The highest BCUT2D eigenvalue weighted by Gasteiger charge is 2.15. The van der Waals surface area contributed by atoms with Crippen molar-refractivity contribution in [3.63, 3.8) is 0 Å². The first-order valence-electron chi connectivity index (χ1n) is 3.70. The lowest BCUT2D eigenvalue weighted by atomic mass is 10.2. The van der Waals surface area contributed by atoms with Gasteiger partial charge >= 0.3 is 0 Å². The molecule has 2 nitrogen and oxygen atoms in total. The highest BCUT2D eigenvalue weighted by Crippen LogP contribution is 2.26. The fourth-order valence-corrected chi connectivity index (χ4v) is 1.19. The first-order chi connectivity index (χ1) is 6.06. The molecule has 0 amide bonds. The van der Waals surface area contributed by atoms with Crippen molar-refractivity contribution in [2.24, 2.45) is 5.73 Å². The molecular formula is C8H9ClF2N2. The van der Waals surface area contributed by atoms with Crippen molar-refractivity contribution in [3.05, 3.63) is 28.0 Å². The van der Waals surface area contributed by atoms with Gasteiger partial charge in [0.05, 0.1) is 5.69 Å². The monoisotopic (exact) mass is 206 g/mol. The van der Waals surface area contributed by atoms with Gasteiger partial charge in [-0.1, -0.05) is 11.6 Å². The highest BCUT2D eigenvalue weighted by molar-refractivity contribution is 6.31. The summed E-state index contributed by atoms with van der Waals surface area (Å²) in [5.74, 6) is 0. The van der Waals surface area contributed by atoms with Crippen LogP contribution < -0.4 is 5.73 Å². The van der Waals surface area contributed by atoms with Crippen molar-refractivity contribution in [3.8, 4) is 0 Å². The lowest BCUT2D eigenvalue weighted by Gasteiger charge is -2.07. The molecule has 0 aromatic carbocycles. The number of aromatic nitrogens is 1. The Kier molecular flexibility index (Phi) is 3.17. The third-order valence-corrected chi connectivity index (χ3v) is 2.11. The zero-order chi connectivity index (χ0) is 10.0. The second-order valence-corrected chi connectivity index (χ2v) is 3.02. The molecule has 0 atom stereocenters. The summed E-state index contributed by atoms with van der Waals surface area (Å²) in [6, 6.07) is 1.50. The molecule has 2 N–H and O–H groups in total. The molecule has 1 aromatic heterocycles. The average molecular weight is 207 g/mol. The highest BCUT2D eigenvalue weighted by atomic mass is 35.5. The largest absolute Gasteiger partial charge is 0.325 e. The van der Waals surface area contributed by atoms with Crippen LogP contribution in [0.4, 0.5) is 8.78 Å². The minimum absolute atomic E-state index is 0.111. The van der Waals surface area contributed by atoms with Gasteiger partial charge in [-0.15, -0.1) is 0 Å². The molecule has 0 aliphatic rings. The summed E-state index contributed by atoms with van der Waals surface area (Å²) in [4.78, 5) is 3.69. The Balaban J connectivity index is 3.25. The Morgan fingerprint density at radius 2 is 2.23 bits per heavy atom. The van der Waals surface area contributed by atoms with Crippen LogP contribution in [0.15, 0.2) is 6.07 Å². The van der Waals surface area contributed by atoms with E-state index >= 15 is 0 Å². The number of nitrogens with zero attached hydrogens (tertiary/aromatic N) is 1. The predicted octanol–water partition coefficient (Wildman–Crippen LogP) is 2.44. The maximum atomic E-state index is 12.4. The Hall–Kier alpha value is -0.740. The predicted molar refractivity (Wildman–Crippen MR) is 46.8 cm³/mol. The van der Waals surface area contributed by atoms with E-state index in [1.54, 1.807) is 0 Å². The molecule has 72 valence electrons. The minimum Gasteiger partial charge on any atom is -0.325 e. The van der Waals surface area contributed by atoms with Crippen LogP contribution in [0.2, 0.25) is 5.02 Å². The Morgan fingerprint density at radius 3 is 2.69 bits per heavy atom. The Bertz CT molecular complexity index is 315. The van der Waals surface area contributed by atoms with Crippen LogP contribution in [0.1, 0.15) is 23.4 Å². The van der Waals surface area contributed by atoms with E-state index in [9.17, 15) is 8.78 Å². The molecule has 0 saturated carbocycles. The fourth-order valence-electron chi connectivity index (χ4n) is 0.965. The van der Waals surface area contributed by atoms with Gasteiger partial charge in [-0.25, -0.2) is 8.78 Å². The van der Waals surface area contributed by atoms with E-state index in [0.29, 0.717) is 11.3 Å². The maximum Gasteiger partial charge on any atom is 0.280 e. The number of nitrogens with two attached hydrogens (primary N) is 1. The van der Waals surface area contributed by atoms with E-state index in [1.165, 1.54) is 13.0 Å². The number of hydrogen-bond donors (Lipinski definition) is 1. The van der Waals surface area contributed by atoms with Crippen LogP contribution in [0.25, 0.3) is 0 Å². The SMILES string of the molecule is Cc1c(Cl)cc(CN)nc1C(F)F. The summed E-state index contributed by atoms with van der Waals surface area (Å²) >= 11 is 5.71. The maximum absolute atomic E-state index is 12.4. The molecular weight excluding hydrogens is 198 g/mol. The standard InChI is InChI=1S/C8H9ClF2N2/c1-4-6(9)2-5(3-12)13-7(4)8(10)11/h2,8H,3,12H2,1H3. The summed E-state index contributed by atoms with van der Waals surface area (Å²) in [5.41, 5.74) is 5.68. The van der Waals surface area contributed by atoms with E-state index in [2.05, 4.69) is 4.98 Å². The van der Waals surface area contributed by atoms with Gasteiger partial charge < -0.3 is 5.73 Å². The summed E-state index contributed by atoms with van der Waals surface area (Å²) in [6.45, 7) is 1.62. The molecule has 1 heterocycles. The van der Waals surface area contributed by atoms with Crippen molar-refractivity contribution >= 4 is 11.6 Å². The van der Waals surface area contributed by atoms with Gasteiger partial charge in [0.25, 0.3) is 6.43 Å². The molecule has 1 rings (SSSR count). The zero-order valence-electron chi connectivity index (χ0n) is 7.02. The third-order valence-electron chi connectivity index (χ3n) is 1.72. The lowest BCUT2D eigenvalue weighted by molar-refractivity contribution is 0.145. The van der Waals surface area contributed by atoms with E-state index in [4.69, 9.17) is 17.3 Å². The van der Waals surface area contributed by atoms with Gasteiger partial charge in [0.1, 0.15) is 5.69 Å². The van der Waals surface area contributed by atoms with Crippen LogP contribution in [0, 0.1) is 6.92 Å². The molecule has 0 fully saturated rings. The summed E-state index contributed by atoms with van der Waals surface area (Å²) in [6.07, 6.45) is -2.61. The Labute approximate surface area is 79.7 Å². The summed E-state index contributed by atoms with van der Waals surface area (Å²) in [7, 11) is 0. The lowest BCUT2D eigenvalue weighted by Crippen LogP contribution is -2.04. The third kappa shape index (κ3) is 2.14. The zero-order valence-corrected chi connectivity index (χ0v) is 7.78. The van der Waals surface area contributed by atoms with Gasteiger partial charge in [-0.05, 0) is 18.6 Å². The van der Waals surface area contributed by atoms with E-state index in [0.717, 1.165) is 0 Å². The van der Waals surface area contributed by atoms with Gasteiger partial charge in [0.15, 0.2) is 0 Å². The van der Waals surface area contributed by atoms with E-state index in [-0.39, 0.29) is 17.3 Å². The smallest absolute Gasteiger partial charge is 0.280 e. The fraction of sp³-hybridized carbons (Fsp3) is 0.375. The normalized spacial score (nSPS) is 10.9. The van der Waals surface area contributed by atoms with Crippen LogP contribution in [-0.4, -0.2) is 4.98 Å². The van der Waals surface area contributed by atoms with Gasteiger partial charge in [0.2, 0.25) is 0 Å². The molecule has 5 heteroatoms. The van der Waals surface area contributed by atoms with Crippen LogP contribution in [0.5, 0.6) is 0 Å². The molecule has 0 aliphatic heterocycles. The van der Waals surface area contributed by atoms with Gasteiger partial charge in [-0.3, -0.25) is 4.98 Å². The van der Waals surface area contributed by atoms with Crippen LogP contribution >= 0.6 is 11.6 Å². The topological polar surface area (TPSA) is 38.9 Å². The molecule has 1 aromatic rings. The van der Waals surface area contributed by atoms with Crippen molar-refractivity contribution in [2.45, 2.75) is 19.9 Å².